The molecule has 0 saturated carbocycles. The smallest absolute Gasteiger partial charge is 0.253 e. The summed E-state index contributed by atoms with van der Waals surface area (Å²) in [7, 11) is 1.85. The van der Waals surface area contributed by atoms with Crippen molar-refractivity contribution >= 4 is 28.7 Å². The van der Waals surface area contributed by atoms with Crippen LogP contribution in [0.3, 0.4) is 0 Å². The summed E-state index contributed by atoms with van der Waals surface area (Å²) in [5.74, 6) is 0.550. The Balaban J connectivity index is 1.49. The fourth-order valence-corrected chi connectivity index (χ4v) is 4.07. The molecule has 0 radical (unpaired) electrons. The van der Waals surface area contributed by atoms with Crippen LogP contribution in [0.15, 0.2) is 42.5 Å². The van der Waals surface area contributed by atoms with Crippen molar-refractivity contribution in [3.05, 3.63) is 59.2 Å². The van der Waals surface area contributed by atoms with Crippen molar-refractivity contribution in [2.75, 3.05) is 20.1 Å². The Hall–Kier alpha value is -2.31. The van der Waals surface area contributed by atoms with E-state index in [2.05, 4.69) is 26.2 Å². The molecule has 1 aromatic heterocycles. The number of hydrogen-bond donors (Lipinski definition) is 1. The van der Waals surface area contributed by atoms with E-state index in [0.29, 0.717) is 12.5 Å². The molecule has 1 aliphatic heterocycles. The van der Waals surface area contributed by atoms with Crippen molar-refractivity contribution in [2.45, 2.75) is 25.3 Å². The second-order valence-electron chi connectivity index (χ2n) is 6.92. The molecule has 1 N–H and O–H groups in total. The first-order valence-corrected chi connectivity index (χ1v) is 9.71. The molecule has 1 aliphatic rings. The summed E-state index contributed by atoms with van der Waals surface area (Å²) in [6.45, 7) is 2.65. The molecule has 4 rings (SSSR count). The summed E-state index contributed by atoms with van der Waals surface area (Å²) in [6.07, 6.45) is 2.37. The van der Waals surface area contributed by atoms with Crippen LogP contribution in [-0.4, -0.2) is 39.7 Å². The molecule has 1 amide bonds. The van der Waals surface area contributed by atoms with Crippen LogP contribution >= 0.6 is 11.7 Å². The van der Waals surface area contributed by atoms with E-state index in [9.17, 15) is 4.79 Å². The minimum Gasteiger partial charge on any atom is -0.337 e. The largest absolute Gasteiger partial charge is 0.337 e. The van der Waals surface area contributed by atoms with E-state index < -0.39 is 0 Å². The molecule has 1 atom stereocenters. The van der Waals surface area contributed by atoms with Gasteiger partial charge in [-0.25, -0.2) is 0 Å². The van der Waals surface area contributed by atoms with Gasteiger partial charge in [-0.3, -0.25) is 4.79 Å². The van der Waals surface area contributed by atoms with Crippen molar-refractivity contribution in [1.29, 1.82) is 0 Å². The number of nitrogens with zero attached hydrogens (tertiary/aromatic N) is 3. The Labute approximate surface area is 157 Å². The Kier molecular flexibility index (Phi) is 4.95. The molecule has 2 aromatic carbocycles. The van der Waals surface area contributed by atoms with Crippen LogP contribution in [0.2, 0.25) is 0 Å². The predicted molar refractivity (Wildman–Crippen MR) is 104 cm³/mol. The van der Waals surface area contributed by atoms with Crippen LogP contribution in [0.5, 0.6) is 0 Å². The maximum atomic E-state index is 12.9. The van der Waals surface area contributed by atoms with Crippen LogP contribution in [0, 0.1) is 0 Å². The minimum absolute atomic E-state index is 0.0483. The van der Waals surface area contributed by atoms with Crippen LogP contribution in [0.1, 0.15) is 40.2 Å². The maximum Gasteiger partial charge on any atom is 0.253 e. The van der Waals surface area contributed by atoms with E-state index in [1.54, 1.807) is 4.90 Å². The normalized spacial score (nSPS) is 17.3. The lowest BCUT2D eigenvalue weighted by Crippen LogP contribution is -2.29. The van der Waals surface area contributed by atoms with E-state index in [4.69, 9.17) is 0 Å². The van der Waals surface area contributed by atoms with Crippen LogP contribution < -0.4 is 5.32 Å². The van der Waals surface area contributed by atoms with Gasteiger partial charge in [0.05, 0.1) is 11.7 Å². The first kappa shape index (κ1) is 17.1. The number of aromatic nitrogens is 2. The highest BCUT2D eigenvalue weighted by Gasteiger charge is 2.18. The zero-order valence-corrected chi connectivity index (χ0v) is 15.6. The first-order valence-electron chi connectivity index (χ1n) is 8.98. The van der Waals surface area contributed by atoms with Crippen molar-refractivity contribution in [1.82, 2.24) is 19.0 Å². The van der Waals surface area contributed by atoms with Crippen molar-refractivity contribution in [3.63, 3.8) is 0 Å². The zero-order valence-electron chi connectivity index (χ0n) is 14.8. The number of amides is 1. The van der Waals surface area contributed by atoms with Crippen LogP contribution in [-0.2, 0) is 6.54 Å². The van der Waals surface area contributed by atoms with Crippen molar-refractivity contribution < 1.29 is 4.79 Å². The third-order valence-electron chi connectivity index (χ3n) is 4.99. The van der Waals surface area contributed by atoms with Gasteiger partial charge in [-0.15, -0.1) is 0 Å². The van der Waals surface area contributed by atoms with Gasteiger partial charge >= 0.3 is 0 Å². The van der Waals surface area contributed by atoms with Gasteiger partial charge in [0.15, 0.2) is 0 Å². The number of rotatable bonds is 4. The standard InChI is InChI=1S/C20H22N4OS/c1-24(13-14-7-8-18-19(10-14)23-26-22-18)20(25)16-5-2-4-15(11-16)17-6-3-9-21-12-17/h2,4-5,7-8,10-11,17,21H,3,6,9,12-13H2,1H3/t17-/m0/s1. The van der Waals surface area contributed by atoms with Gasteiger partial charge < -0.3 is 10.2 Å². The average Bonchev–Trinajstić information content (AvgIpc) is 3.16. The molecule has 0 unspecified atom stereocenters. The Morgan fingerprint density at radius 1 is 1.23 bits per heavy atom. The van der Waals surface area contributed by atoms with Gasteiger partial charge in [-0.05, 0) is 60.7 Å². The second-order valence-corrected chi connectivity index (χ2v) is 7.45. The quantitative estimate of drug-likeness (QED) is 0.769. The number of benzene rings is 2. The number of piperidine rings is 1. The fraction of sp³-hybridized carbons (Fsp3) is 0.350. The zero-order chi connectivity index (χ0) is 17.9. The lowest BCUT2D eigenvalue weighted by atomic mass is 9.90. The SMILES string of the molecule is CN(Cc1ccc2nsnc2c1)C(=O)c1cccc([C@H]2CCCNC2)c1. The molecule has 1 saturated heterocycles. The molecular weight excluding hydrogens is 344 g/mol. The third kappa shape index (κ3) is 3.61. The summed E-state index contributed by atoms with van der Waals surface area (Å²) >= 11 is 1.21. The Bertz CT molecular complexity index is 917. The van der Waals surface area contributed by atoms with Crippen molar-refractivity contribution in [2.24, 2.45) is 0 Å². The summed E-state index contributed by atoms with van der Waals surface area (Å²) in [5.41, 5.74) is 4.87. The minimum atomic E-state index is 0.0483. The van der Waals surface area contributed by atoms with Gasteiger partial charge in [0.25, 0.3) is 5.91 Å². The molecule has 3 aromatic rings. The summed E-state index contributed by atoms with van der Waals surface area (Å²) in [6, 6.07) is 14.1. The van der Waals surface area contributed by atoms with Gasteiger partial charge in [-0.2, -0.15) is 8.75 Å². The first-order chi connectivity index (χ1) is 12.7. The highest BCUT2D eigenvalue weighted by molar-refractivity contribution is 7.00. The van der Waals surface area contributed by atoms with E-state index in [1.807, 2.05) is 37.4 Å². The summed E-state index contributed by atoms with van der Waals surface area (Å²) < 4.78 is 8.49. The van der Waals surface area contributed by atoms with Crippen LogP contribution in [0.25, 0.3) is 11.0 Å². The number of fused-ring (bicyclic) bond motifs is 1. The fourth-order valence-electron chi connectivity index (χ4n) is 3.55. The summed E-state index contributed by atoms with van der Waals surface area (Å²) in [4.78, 5) is 14.6. The van der Waals surface area contributed by atoms with Gasteiger partial charge in [0, 0.05) is 25.7 Å². The van der Waals surface area contributed by atoms with Gasteiger partial charge in [-0.1, -0.05) is 18.2 Å². The lowest BCUT2D eigenvalue weighted by Gasteiger charge is -2.24. The monoisotopic (exact) mass is 366 g/mol. The molecular formula is C20H22N4OS. The number of carbonyl (C=O) groups is 1. The number of carbonyl (C=O) groups excluding carboxylic acids is 1. The van der Waals surface area contributed by atoms with E-state index in [-0.39, 0.29) is 5.91 Å². The molecule has 1 fully saturated rings. The lowest BCUT2D eigenvalue weighted by molar-refractivity contribution is 0.0785. The molecule has 5 nitrogen and oxygen atoms in total. The van der Waals surface area contributed by atoms with Crippen LogP contribution in [0.4, 0.5) is 0 Å². The van der Waals surface area contributed by atoms with Gasteiger partial charge in [0.2, 0.25) is 0 Å². The topological polar surface area (TPSA) is 58.1 Å². The highest BCUT2D eigenvalue weighted by atomic mass is 32.1. The molecule has 0 spiro atoms. The molecule has 0 bridgehead atoms. The number of hydrogen-bond acceptors (Lipinski definition) is 5. The van der Waals surface area contributed by atoms with Gasteiger partial charge in [0.1, 0.15) is 11.0 Å². The van der Waals surface area contributed by atoms with E-state index in [1.165, 1.54) is 30.1 Å². The predicted octanol–water partition coefficient (Wildman–Crippen LogP) is 3.43. The molecule has 2 heterocycles. The average molecular weight is 366 g/mol. The molecule has 134 valence electrons. The molecule has 26 heavy (non-hydrogen) atoms. The number of nitrogens with one attached hydrogen (secondary N) is 1. The summed E-state index contributed by atoms with van der Waals surface area (Å²) in [5, 5.41) is 3.44. The Morgan fingerprint density at radius 3 is 2.96 bits per heavy atom. The van der Waals surface area contributed by atoms with E-state index >= 15 is 0 Å². The highest BCUT2D eigenvalue weighted by Crippen LogP contribution is 2.24. The maximum absolute atomic E-state index is 12.9. The third-order valence-corrected chi connectivity index (χ3v) is 5.54. The Morgan fingerprint density at radius 2 is 2.12 bits per heavy atom. The molecule has 6 heteroatoms. The van der Waals surface area contributed by atoms with E-state index in [0.717, 1.165) is 35.2 Å². The second kappa shape index (κ2) is 7.51. The van der Waals surface area contributed by atoms with Crippen molar-refractivity contribution in [3.8, 4) is 0 Å². The molecule has 0 aliphatic carbocycles.